The highest BCUT2D eigenvalue weighted by Crippen LogP contribution is 2.32. The molecule has 7 heteroatoms. The van der Waals surface area contributed by atoms with E-state index in [9.17, 15) is 4.79 Å². The number of carbonyl (C=O) groups is 1. The number of benzene rings is 2. The van der Waals surface area contributed by atoms with Gasteiger partial charge < -0.3 is 9.80 Å². The number of piperidine rings is 1. The summed E-state index contributed by atoms with van der Waals surface area (Å²) < 4.78 is 1.99. The Morgan fingerprint density at radius 3 is 2.36 bits per heavy atom. The lowest BCUT2D eigenvalue weighted by atomic mass is 9.93. The van der Waals surface area contributed by atoms with Gasteiger partial charge in [0.05, 0.1) is 22.5 Å². The summed E-state index contributed by atoms with van der Waals surface area (Å²) in [5, 5.41) is 15.1. The minimum Gasteiger partial charge on any atom is -0.353 e. The molecular formula is C29H32N6O. The zero-order valence-electron chi connectivity index (χ0n) is 21.2. The summed E-state index contributed by atoms with van der Waals surface area (Å²) in [4.78, 5) is 17.7. The van der Waals surface area contributed by atoms with E-state index in [1.54, 1.807) is 0 Å². The zero-order valence-corrected chi connectivity index (χ0v) is 21.2. The molecule has 36 heavy (non-hydrogen) atoms. The van der Waals surface area contributed by atoms with Crippen molar-refractivity contribution in [3.8, 4) is 5.69 Å². The zero-order chi connectivity index (χ0) is 24.8. The minimum absolute atomic E-state index is 0.0623. The average molecular weight is 481 g/mol. The molecule has 1 saturated heterocycles. The number of rotatable bonds is 3. The molecule has 1 fully saturated rings. The molecule has 0 saturated carbocycles. The summed E-state index contributed by atoms with van der Waals surface area (Å²) in [7, 11) is 0. The summed E-state index contributed by atoms with van der Waals surface area (Å²) in [6, 6.07) is 16.9. The number of hydrogen-bond acceptors (Lipinski definition) is 5. The van der Waals surface area contributed by atoms with E-state index in [0.717, 1.165) is 79.2 Å². The lowest BCUT2D eigenvalue weighted by molar-refractivity contribution is -0.137. The fourth-order valence-corrected chi connectivity index (χ4v) is 5.74. The molecule has 0 unspecified atom stereocenters. The van der Waals surface area contributed by atoms with Crippen LogP contribution in [-0.4, -0.2) is 50.4 Å². The number of hydrogen-bond donors (Lipinski definition) is 0. The van der Waals surface area contributed by atoms with E-state index < -0.39 is 0 Å². The highest BCUT2D eigenvalue weighted by Gasteiger charge is 2.32. The number of nitrogens with zero attached hydrogens (tertiary/aromatic N) is 6. The predicted octanol–water partition coefficient (Wildman–Crippen LogP) is 4.54. The number of aromatic nitrogens is 4. The molecule has 6 rings (SSSR count). The molecule has 2 aromatic heterocycles. The molecular weight excluding hydrogens is 448 g/mol. The van der Waals surface area contributed by atoms with Gasteiger partial charge in [0, 0.05) is 32.1 Å². The Balaban J connectivity index is 1.21. The largest absolute Gasteiger partial charge is 0.353 e. The van der Waals surface area contributed by atoms with Crippen molar-refractivity contribution in [2.24, 2.45) is 5.92 Å². The first-order chi connectivity index (χ1) is 17.5. The van der Waals surface area contributed by atoms with Crippen LogP contribution < -0.4 is 4.90 Å². The number of carbonyl (C=O) groups excluding carboxylic acids is 1. The second-order valence-corrected chi connectivity index (χ2v) is 10.2. The minimum atomic E-state index is 0.0623. The maximum Gasteiger partial charge on any atom is 0.226 e. The van der Waals surface area contributed by atoms with Crippen LogP contribution in [0.1, 0.15) is 40.9 Å². The smallest absolute Gasteiger partial charge is 0.226 e. The molecule has 0 aliphatic carbocycles. The van der Waals surface area contributed by atoms with Crippen molar-refractivity contribution in [2.75, 3.05) is 24.5 Å². The van der Waals surface area contributed by atoms with Crippen LogP contribution in [0, 0.1) is 26.7 Å². The standard InChI is InChI=1S/C29H32N6O/c1-19-8-10-25(11-9-19)35-21(3)26-20(2)30-31-28(27(26)32-35)33-15-13-23(14-16-33)29(36)34-17-12-22-6-4-5-7-24(22)18-34/h4-11,23H,12-18H2,1-3H3. The molecule has 1 amide bonds. The van der Waals surface area contributed by atoms with Crippen LogP contribution in [0.4, 0.5) is 5.82 Å². The van der Waals surface area contributed by atoms with Crippen LogP contribution in [0.2, 0.25) is 0 Å². The van der Waals surface area contributed by atoms with Gasteiger partial charge in [-0.25, -0.2) is 4.68 Å². The van der Waals surface area contributed by atoms with Gasteiger partial charge >= 0.3 is 0 Å². The van der Waals surface area contributed by atoms with Gasteiger partial charge in [0.25, 0.3) is 0 Å². The Labute approximate surface area is 211 Å². The first-order valence-electron chi connectivity index (χ1n) is 12.9. The van der Waals surface area contributed by atoms with Crippen molar-refractivity contribution in [1.29, 1.82) is 0 Å². The molecule has 0 radical (unpaired) electrons. The molecule has 4 aromatic rings. The van der Waals surface area contributed by atoms with Crippen LogP contribution in [-0.2, 0) is 17.8 Å². The van der Waals surface area contributed by atoms with Gasteiger partial charge in [0.2, 0.25) is 5.91 Å². The Kier molecular flexibility index (Phi) is 5.70. The third kappa shape index (κ3) is 3.92. The molecule has 2 aliphatic heterocycles. The lowest BCUT2D eigenvalue weighted by Crippen LogP contribution is -2.44. The normalized spacial score (nSPS) is 16.4. The number of anilines is 1. The SMILES string of the molecule is Cc1ccc(-n2nc3c(N4CCC(C(=O)N5CCc6ccccc6C5)CC4)nnc(C)c3c2C)cc1. The highest BCUT2D eigenvalue weighted by molar-refractivity contribution is 5.92. The van der Waals surface area contributed by atoms with Crippen LogP contribution in [0.25, 0.3) is 16.6 Å². The first kappa shape index (κ1) is 22.7. The Bertz CT molecular complexity index is 1430. The maximum atomic E-state index is 13.4. The van der Waals surface area contributed by atoms with Gasteiger partial charge in [-0.05, 0) is 63.3 Å². The first-order valence-corrected chi connectivity index (χ1v) is 12.9. The summed E-state index contributed by atoms with van der Waals surface area (Å²) in [6.07, 6.45) is 2.60. The monoisotopic (exact) mass is 480 g/mol. The van der Waals surface area contributed by atoms with E-state index in [4.69, 9.17) is 5.10 Å². The topological polar surface area (TPSA) is 67.2 Å². The van der Waals surface area contributed by atoms with Gasteiger partial charge in [-0.2, -0.15) is 10.2 Å². The fourth-order valence-electron chi connectivity index (χ4n) is 5.74. The molecule has 0 spiro atoms. The summed E-state index contributed by atoms with van der Waals surface area (Å²) in [6.45, 7) is 9.29. The number of aryl methyl sites for hydroxylation is 3. The van der Waals surface area contributed by atoms with Gasteiger partial charge in [-0.1, -0.05) is 42.0 Å². The van der Waals surface area contributed by atoms with Gasteiger partial charge in [0.1, 0.15) is 5.52 Å². The second-order valence-electron chi connectivity index (χ2n) is 10.2. The summed E-state index contributed by atoms with van der Waals surface area (Å²) >= 11 is 0. The van der Waals surface area contributed by atoms with E-state index in [-0.39, 0.29) is 5.92 Å². The van der Waals surface area contributed by atoms with Crippen molar-refractivity contribution < 1.29 is 4.79 Å². The lowest BCUT2D eigenvalue weighted by Gasteiger charge is -2.36. The quantitative estimate of drug-likeness (QED) is 0.431. The number of fused-ring (bicyclic) bond motifs is 2. The van der Waals surface area contributed by atoms with Crippen LogP contribution in [0.15, 0.2) is 48.5 Å². The van der Waals surface area contributed by atoms with Crippen LogP contribution in [0.3, 0.4) is 0 Å². The van der Waals surface area contributed by atoms with E-state index in [0.29, 0.717) is 5.91 Å². The van der Waals surface area contributed by atoms with Crippen molar-refractivity contribution in [3.05, 3.63) is 76.6 Å². The van der Waals surface area contributed by atoms with Gasteiger partial charge in [-0.15, -0.1) is 5.10 Å². The Hall–Kier alpha value is -3.74. The predicted molar refractivity (Wildman–Crippen MR) is 141 cm³/mol. The molecule has 4 heterocycles. The third-order valence-electron chi connectivity index (χ3n) is 7.85. The second kappa shape index (κ2) is 9.04. The molecule has 0 bridgehead atoms. The van der Waals surface area contributed by atoms with Gasteiger partial charge in [-0.3, -0.25) is 4.79 Å². The summed E-state index contributed by atoms with van der Waals surface area (Å²) in [5.41, 5.74) is 7.76. The maximum absolute atomic E-state index is 13.4. The molecule has 2 aliphatic rings. The molecule has 2 aromatic carbocycles. The highest BCUT2D eigenvalue weighted by atomic mass is 16.2. The van der Waals surface area contributed by atoms with E-state index >= 15 is 0 Å². The summed E-state index contributed by atoms with van der Waals surface area (Å²) in [5.74, 6) is 1.18. The van der Waals surface area contributed by atoms with Crippen LogP contribution in [0.5, 0.6) is 0 Å². The van der Waals surface area contributed by atoms with E-state index in [1.165, 1.54) is 16.7 Å². The Morgan fingerprint density at radius 1 is 0.889 bits per heavy atom. The van der Waals surface area contributed by atoms with Crippen LogP contribution >= 0.6 is 0 Å². The molecule has 0 atom stereocenters. The fraction of sp³-hybridized carbons (Fsp3) is 0.379. The van der Waals surface area contributed by atoms with Crippen molar-refractivity contribution in [3.63, 3.8) is 0 Å². The van der Waals surface area contributed by atoms with E-state index in [2.05, 4.69) is 82.4 Å². The van der Waals surface area contributed by atoms with Crippen molar-refractivity contribution in [1.82, 2.24) is 24.9 Å². The molecule has 7 nitrogen and oxygen atoms in total. The average Bonchev–Trinajstić information content (AvgIpc) is 3.26. The molecule has 184 valence electrons. The third-order valence-corrected chi connectivity index (χ3v) is 7.85. The molecule has 0 N–H and O–H groups in total. The Morgan fingerprint density at radius 2 is 1.61 bits per heavy atom. The van der Waals surface area contributed by atoms with E-state index in [1.807, 2.05) is 11.6 Å². The number of amides is 1. The van der Waals surface area contributed by atoms with Crippen molar-refractivity contribution >= 4 is 22.6 Å². The van der Waals surface area contributed by atoms with Gasteiger partial charge in [0.15, 0.2) is 5.82 Å². The van der Waals surface area contributed by atoms with Crippen molar-refractivity contribution in [2.45, 2.75) is 46.6 Å².